The molecule has 0 radical (unpaired) electrons. The average Bonchev–Trinajstić information content (AvgIpc) is 2.31. The number of aliphatic hydroxyl groups is 1. The first-order chi connectivity index (χ1) is 8.95. The number of carbonyl (C=O) groups is 1. The monoisotopic (exact) mass is 270 g/mol. The van der Waals surface area contributed by atoms with Crippen molar-refractivity contribution in [1.82, 2.24) is 10.2 Å². The van der Waals surface area contributed by atoms with Gasteiger partial charge in [-0.05, 0) is 39.0 Å². The van der Waals surface area contributed by atoms with Gasteiger partial charge in [0.25, 0.3) is 0 Å². The van der Waals surface area contributed by atoms with E-state index in [1.54, 1.807) is 4.90 Å². The first-order valence-corrected chi connectivity index (χ1v) is 7.34. The lowest BCUT2D eigenvalue weighted by atomic mass is 9.96. The Morgan fingerprint density at radius 2 is 1.89 bits per heavy atom. The summed E-state index contributed by atoms with van der Waals surface area (Å²) in [5.74, 6) is 0.284. The summed E-state index contributed by atoms with van der Waals surface area (Å²) in [5, 5.41) is 12.9. The Hall–Kier alpha value is -0.810. The van der Waals surface area contributed by atoms with E-state index in [0.29, 0.717) is 6.54 Å². The minimum atomic E-state index is -0.396. The van der Waals surface area contributed by atoms with E-state index in [0.717, 1.165) is 25.8 Å². The minimum absolute atomic E-state index is 0.0442. The SMILES string of the molecule is CC1CC(NC(=O)N2CCC(C)C(O)C2)CC(C)O1. The summed E-state index contributed by atoms with van der Waals surface area (Å²) in [5.41, 5.74) is 0. The highest BCUT2D eigenvalue weighted by molar-refractivity contribution is 5.74. The van der Waals surface area contributed by atoms with E-state index < -0.39 is 6.10 Å². The Balaban J connectivity index is 1.83. The number of urea groups is 1. The second-order valence-electron chi connectivity index (χ2n) is 6.15. The normalized spacial score (nSPS) is 40.0. The van der Waals surface area contributed by atoms with Crippen LogP contribution in [0.15, 0.2) is 0 Å². The summed E-state index contributed by atoms with van der Waals surface area (Å²) in [6.45, 7) is 7.30. The molecule has 2 saturated heterocycles. The van der Waals surface area contributed by atoms with Crippen molar-refractivity contribution in [1.29, 1.82) is 0 Å². The molecule has 0 aromatic carbocycles. The predicted molar refractivity (Wildman–Crippen MR) is 72.9 cm³/mol. The third-order valence-corrected chi connectivity index (χ3v) is 4.23. The second kappa shape index (κ2) is 6.09. The molecule has 5 nitrogen and oxygen atoms in total. The summed E-state index contributed by atoms with van der Waals surface area (Å²) >= 11 is 0. The lowest BCUT2D eigenvalue weighted by molar-refractivity contribution is -0.0413. The Labute approximate surface area is 115 Å². The summed E-state index contributed by atoms with van der Waals surface area (Å²) in [7, 11) is 0. The zero-order chi connectivity index (χ0) is 14.0. The van der Waals surface area contributed by atoms with Crippen LogP contribution >= 0.6 is 0 Å². The van der Waals surface area contributed by atoms with E-state index in [1.807, 2.05) is 20.8 Å². The van der Waals surface area contributed by atoms with Crippen molar-refractivity contribution in [2.75, 3.05) is 13.1 Å². The van der Waals surface area contributed by atoms with E-state index in [-0.39, 0.29) is 30.2 Å². The van der Waals surface area contributed by atoms with E-state index in [4.69, 9.17) is 4.74 Å². The number of nitrogens with zero attached hydrogens (tertiary/aromatic N) is 1. The number of hydrogen-bond donors (Lipinski definition) is 2. The molecule has 5 heteroatoms. The predicted octanol–water partition coefficient (Wildman–Crippen LogP) is 1.35. The molecule has 2 amide bonds. The van der Waals surface area contributed by atoms with E-state index in [1.165, 1.54) is 0 Å². The van der Waals surface area contributed by atoms with Crippen molar-refractivity contribution in [3.8, 4) is 0 Å². The highest BCUT2D eigenvalue weighted by atomic mass is 16.5. The Kier molecular flexibility index (Phi) is 4.68. The molecule has 0 spiro atoms. The molecule has 0 aromatic rings. The zero-order valence-electron chi connectivity index (χ0n) is 12.1. The van der Waals surface area contributed by atoms with Gasteiger partial charge in [0, 0.05) is 19.1 Å². The summed E-state index contributed by atoms with van der Waals surface area (Å²) in [6, 6.07) is 0.139. The summed E-state index contributed by atoms with van der Waals surface area (Å²) in [4.78, 5) is 13.9. The number of rotatable bonds is 1. The van der Waals surface area contributed by atoms with Gasteiger partial charge in [-0.25, -0.2) is 4.79 Å². The lowest BCUT2D eigenvalue weighted by Gasteiger charge is -2.37. The van der Waals surface area contributed by atoms with Crippen LogP contribution in [0.3, 0.4) is 0 Å². The second-order valence-corrected chi connectivity index (χ2v) is 6.15. The van der Waals surface area contributed by atoms with E-state index in [2.05, 4.69) is 5.32 Å². The fraction of sp³-hybridized carbons (Fsp3) is 0.929. The molecule has 19 heavy (non-hydrogen) atoms. The average molecular weight is 270 g/mol. The quantitative estimate of drug-likeness (QED) is 0.756. The van der Waals surface area contributed by atoms with Gasteiger partial charge in [0.15, 0.2) is 0 Å². The Morgan fingerprint density at radius 3 is 2.47 bits per heavy atom. The van der Waals surface area contributed by atoms with Gasteiger partial charge >= 0.3 is 6.03 Å². The maximum absolute atomic E-state index is 12.2. The molecule has 4 unspecified atom stereocenters. The van der Waals surface area contributed by atoms with Gasteiger partial charge in [0.1, 0.15) is 0 Å². The van der Waals surface area contributed by atoms with Gasteiger partial charge in [-0.1, -0.05) is 6.92 Å². The van der Waals surface area contributed by atoms with Gasteiger partial charge in [-0.2, -0.15) is 0 Å². The summed E-state index contributed by atoms with van der Waals surface area (Å²) < 4.78 is 5.67. The highest BCUT2D eigenvalue weighted by Gasteiger charge is 2.30. The third-order valence-electron chi connectivity index (χ3n) is 4.23. The highest BCUT2D eigenvalue weighted by Crippen LogP contribution is 2.20. The third kappa shape index (κ3) is 3.83. The number of ether oxygens (including phenoxy) is 1. The first kappa shape index (κ1) is 14.6. The molecule has 4 atom stereocenters. The maximum atomic E-state index is 12.2. The number of likely N-dealkylation sites (tertiary alicyclic amines) is 1. The van der Waals surface area contributed by atoms with Crippen molar-refractivity contribution < 1.29 is 14.6 Å². The number of carbonyl (C=O) groups excluding carboxylic acids is 1. The van der Waals surface area contributed by atoms with Crippen LogP contribution in [0.25, 0.3) is 0 Å². The van der Waals surface area contributed by atoms with Crippen LogP contribution in [0, 0.1) is 5.92 Å². The van der Waals surface area contributed by atoms with Crippen molar-refractivity contribution in [2.45, 2.75) is 64.4 Å². The van der Waals surface area contributed by atoms with Gasteiger partial charge in [-0.3, -0.25) is 0 Å². The van der Waals surface area contributed by atoms with Crippen molar-refractivity contribution in [3.05, 3.63) is 0 Å². The van der Waals surface area contributed by atoms with Crippen LogP contribution in [0.4, 0.5) is 4.79 Å². The largest absolute Gasteiger partial charge is 0.391 e. The van der Waals surface area contributed by atoms with Crippen molar-refractivity contribution in [3.63, 3.8) is 0 Å². The van der Waals surface area contributed by atoms with Gasteiger partial charge in [0.2, 0.25) is 0 Å². The molecule has 2 N–H and O–H groups in total. The molecule has 2 heterocycles. The lowest BCUT2D eigenvalue weighted by Crippen LogP contribution is -2.53. The zero-order valence-corrected chi connectivity index (χ0v) is 12.1. The molecule has 2 aliphatic rings. The van der Waals surface area contributed by atoms with Crippen LogP contribution in [0.1, 0.15) is 40.0 Å². The van der Waals surface area contributed by atoms with Gasteiger partial charge < -0.3 is 20.1 Å². The van der Waals surface area contributed by atoms with Crippen LogP contribution < -0.4 is 5.32 Å². The van der Waals surface area contributed by atoms with Crippen LogP contribution in [-0.4, -0.2) is 53.5 Å². The number of β-amino-alcohol motifs (C(OH)–C–C–N with tert-alkyl or cyclic N) is 1. The van der Waals surface area contributed by atoms with Crippen LogP contribution in [0.2, 0.25) is 0 Å². The standard InChI is InChI=1S/C14H26N2O3/c1-9-4-5-16(8-13(9)17)14(18)15-12-6-10(2)19-11(3)7-12/h9-13,17H,4-8H2,1-3H3,(H,15,18). The fourth-order valence-corrected chi connectivity index (χ4v) is 3.02. The molecule has 2 fully saturated rings. The fourth-order valence-electron chi connectivity index (χ4n) is 3.02. The molecule has 2 rings (SSSR count). The molecule has 0 saturated carbocycles. The smallest absolute Gasteiger partial charge is 0.317 e. The molecular formula is C14H26N2O3. The Bertz CT molecular complexity index is 314. The number of nitrogens with one attached hydrogen (secondary N) is 1. The number of aliphatic hydroxyl groups excluding tert-OH is 1. The topological polar surface area (TPSA) is 61.8 Å². The molecule has 2 aliphatic heterocycles. The molecule has 0 aromatic heterocycles. The molecule has 0 aliphatic carbocycles. The maximum Gasteiger partial charge on any atom is 0.317 e. The van der Waals surface area contributed by atoms with Crippen LogP contribution in [-0.2, 0) is 4.74 Å². The molecule has 110 valence electrons. The number of hydrogen-bond acceptors (Lipinski definition) is 3. The minimum Gasteiger partial charge on any atom is -0.391 e. The first-order valence-electron chi connectivity index (χ1n) is 7.34. The van der Waals surface area contributed by atoms with Gasteiger partial charge in [0.05, 0.1) is 18.3 Å². The van der Waals surface area contributed by atoms with Crippen molar-refractivity contribution >= 4 is 6.03 Å². The molecule has 0 bridgehead atoms. The van der Waals surface area contributed by atoms with Crippen LogP contribution in [0.5, 0.6) is 0 Å². The van der Waals surface area contributed by atoms with E-state index in [9.17, 15) is 9.90 Å². The number of amides is 2. The number of piperidine rings is 1. The summed E-state index contributed by atoms with van der Waals surface area (Å²) in [6.07, 6.45) is 2.59. The molecular weight excluding hydrogens is 244 g/mol. The Morgan fingerprint density at radius 1 is 1.26 bits per heavy atom. The van der Waals surface area contributed by atoms with Crippen molar-refractivity contribution in [2.24, 2.45) is 5.92 Å². The van der Waals surface area contributed by atoms with E-state index >= 15 is 0 Å². The van der Waals surface area contributed by atoms with Gasteiger partial charge in [-0.15, -0.1) is 0 Å².